The van der Waals surface area contributed by atoms with Gasteiger partial charge in [0.1, 0.15) is 23.1 Å². The van der Waals surface area contributed by atoms with Crippen molar-refractivity contribution in [2.75, 3.05) is 5.73 Å². The molecule has 1 aromatic carbocycles. The summed E-state index contributed by atoms with van der Waals surface area (Å²) >= 11 is 4.03. The van der Waals surface area contributed by atoms with Gasteiger partial charge >= 0.3 is 0 Å². The number of nitrogens with zero attached hydrogens (tertiary/aromatic N) is 2. The van der Waals surface area contributed by atoms with Crippen molar-refractivity contribution in [2.45, 2.75) is 6.61 Å². The molecule has 0 amide bonds. The Bertz CT molecular complexity index is 526. The summed E-state index contributed by atoms with van der Waals surface area (Å²) in [5.41, 5.74) is 5.97. The van der Waals surface area contributed by atoms with Crippen molar-refractivity contribution in [3.63, 3.8) is 0 Å². The predicted octanol–water partition coefficient (Wildman–Crippen LogP) is 2.74. The van der Waals surface area contributed by atoms with Gasteiger partial charge in [-0.25, -0.2) is 8.78 Å². The van der Waals surface area contributed by atoms with Gasteiger partial charge in [0, 0.05) is 17.6 Å². The zero-order valence-electron chi connectivity index (χ0n) is 8.28. The predicted molar refractivity (Wildman–Crippen MR) is 62.7 cm³/mol. The van der Waals surface area contributed by atoms with Crippen LogP contribution in [0.15, 0.2) is 16.6 Å². The second kappa shape index (κ2) is 4.92. The van der Waals surface area contributed by atoms with Crippen molar-refractivity contribution in [1.82, 2.24) is 9.59 Å². The standard InChI is InChI=1S/C9H6BrF2N3OS/c10-5-1-4(11)2-6(12)8(5)16-3-7-9(13)17-15-14-7/h1-2H,3,13H2. The minimum Gasteiger partial charge on any atom is -0.483 e. The minimum atomic E-state index is -0.793. The van der Waals surface area contributed by atoms with Crippen LogP contribution in [0.3, 0.4) is 0 Å². The highest BCUT2D eigenvalue weighted by atomic mass is 79.9. The Balaban J connectivity index is 2.17. The van der Waals surface area contributed by atoms with Gasteiger partial charge in [-0.1, -0.05) is 4.49 Å². The molecular formula is C9H6BrF2N3OS. The van der Waals surface area contributed by atoms with E-state index in [0.717, 1.165) is 23.7 Å². The molecule has 0 saturated carbocycles. The number of ether oxygens (including phenoxy) is 1. The highest BCUT2D eigenvalue weighted by molar-refractivity contribution is 9.10. The number of hydrogen-bond donors (Lipinski definition) is 1. The largest absolute Gasteiger partial charge is 0.483 e. The van der Waals surface area contributed by atoms with E-state index in [1.54, 1.807) is 0 Å². The Morgan fingerprint density at radius 2 is 2.18 bits per heavy atom. The van der Waals surface area contributed by atoms with E-state index >= 15 is 0 Å². The molecule has 0 fully saturated rings. The van der Waals surface area contributed by atoms with Crippen LogP contribution in [0, 0.1) is 11.6 Å². The lowest BCUT2D eigenvalue weighted by molar-refractivity contribution is 0.283. The van der Waals surface area contributed by atoms with Gasteiger partial charge in [-0.15, -0.1) is 5.10 Å². The average molecular weight is 322 g/mol. The van der Waals surface area contributed by atoms with Crippen molar-refractivity contribution < 1.29 is 13.5 Å². The van der Waals surface area contributed by atoms with Crippen LogP contribution in [-0.2, 0) is 6.61 Å². The zero-order valence-corrected chi connectivity index (χ0v) is 10.7. The van der Waals surface area contributed by atoms with Gasteiger partial charge in [-0.05, 0) is 22.0 Å². The maximum Gasteiger partial charge on any atom is 0.169 e. The van der Waals surface area contributed by atoms with Gasteiger partial charge in [0.25, 0.3) is 0 Å². The van der Waals surface area contributed by atoms with E-state index < -0.39 is 11.6 Å². The summed E-state index contributed by atoms with van der Waals surface area (Å²) in [6.07, 6.45) is 0. The van der Waals surface area contributed by atoms with Crippen LogP contribution in [0.4, 0.5) is 13.8 Å². The Hall–Kier alpha value is -1.28. The fraction of sp³-hybridized carbons (Fsp3) is 0.111. The lowest BCUT2D eigenvalue weighted by Gasteiger charge is -2.08. The number of halogens is 3. The molecule has 0 radical (unpaired) electrons. The molecule has 2 N–H and O–H groups in total. The molecule has 17 heavy (non-hydrogen) atoms. The lowest BCUT2D eigenvalue weighted by atomic mass is 10.3. The first-order valence-electron chi connectivity index (χ1n) is 4.42. The van der Waals surface area contributed by atoms with Gasteiger partial charge in [0.05, 0.1) is 4.47 Å². The first kappa shape index (κ1) is 12.2. The summed E-state index contributed by atoms with van der Waals surface area (Å²) in [4.78, 5) is 0. The Morgan fingerprint density at radius 1 is 1.41 bits per heavy atom. The normalized spacial score (nSPS) is 10.5. The van der Waals surface area contributed by atoms with Crippen molar-refractivity contribution in [2.24, 2.45) is 0 Å². The molecule has 8 heteroatoms. The number of benzene rings is 1. The molecule has 1 aromatic heterocycles. The first-order valence-corrected chi connectivity index (χ1v) is 5.98. The zero-order chi connectivity index (χ0) is 12.4. The molecule has 0 atom stereocenters. The molecule has 1 heterocycles. The maximum atomic E-state index is 13.4. The number of hydrogen-bond acceptors (Lipinski definition) is 5. The maximum absolute atomic E-state index is 13.4. The van der Waals surface area contributed by atoms with E-state index in [0.29, 0.717) is 10.7 Å². The molecule has 0 aliphatic heterocycles. The van der Waals surface area contributed by atoms with Gasteiger partial charge in [0.2, 0.25) is 0 Å². The summed E-state index contributed by atoms with van der Waals surface area (Å²) in [6, 6.07) is 1.85. The van der Waals surface area contributed by atoms with E-state index in [1.165, 1.54) is 0 Å². The Morgan fingerprint density at radius 3 is 2.76 bits per heavy atom. The fourth-order valence-electron chi connectivity index (χ4n) is 1.12. The number of anilines is 1. The summed E-state index contributed by atoms with van der Waals surface area (Å²) in [5.74, 6) is -1.56. The molecule has 0 unspecified atom stereocenters. The van der Waals surface area contributed by atoms with Crippen LogP contribution in [0.25, 0.3) is 0 Å². The van der Waals surface area contributed by atoms with E-state index in [4.69, 9.17) is 10.5 Å². The molecule has 0 spiro atoms. The number of rotatable bonds is 3. The molecule has 2 rings (SSSR count). The molecule has 0 bridgehead atoms. The Labute approximate surface area is 108 Å². The molecule has 0 aliphatic carbocycles. The smallest absolute Gasteiger partial charge is 0.169 e. The highest BCUT2D eigenvalue weighted by Gasteiger charge is 2.13. The van der Waals surface area contributed by atoms with Crippen LogP contribution in [-0.4, -0.2) is 9.59 Å². The van der Waals surface area contributed by atoms with E-state index in [9.17, 15) is 8.78 Å². The van der Waals surface area contributed by atoms with Gasteiger partial charge in [0.15, 0.2) is 11.6 Å². The van der Waals surface area contributed by atoms with Gasteiger partial charge in [-0.2, -0.15) is 0 Å². The van der Waals surface area contributed by atoms with Crippen LogP contribution in [0.5, 0.6) is 5.75 Å². The number of aromatic nitrogens is 2. The highest BCUT2D eigenvalue weighted by Crippen LogP contribution is 2.30. The fourth-order valence-corrected chi connectivity index (χ4v) is 2.08. The summed E-state index contributed by atoms with van der Waals surface area (Å²) in [5, 5.41) is 4.12. The quantitative estimate of drug-likeness (QED) is 0.944. The average Bonchev–Trinajstić information content (AvgIpc) is 2.62. The molecule has 90 valence electrons. The SMILES string of the molecule is Nc1snnc1COc1c(F)cc(F)cc1Br. The second-order valence-corrected chi connectivity index (χ2v) is 4.71. The van der Waals surface area contributed by atoms with E-state index in [2.05, 4.69) is 25.5 Å². The molecule has 2 aromatic rings. The second-order valence-electron chi connectivity index (χ2n) is 3.07. The Kier molecular flexibility index (Phi) is 3.53. The molecular weight excluding hydrogens is 316 g/mol. The van der Waals surface area contributed by atoms with Crippen LogP contribution in [0.1, 0.15) is 5.69 Å². The number of nitrogen functional groups attached to an aromatic ring is 1. The van der Waals surface area contributed by atoms with Crippen molar-refractivity contribution in [3.8, 4) is 5.75 Å². The van der Waals surface area contributed by atoms with Crippen molar-refractivity contribution in [3.05, 3.63) is 33.9 Å². The van der Waals surface area contributed by atoms with Gasteiger partial charge < -0.3 is 10.5 Å². The molecule has 0 aliphatic rings. The molecule has 4 nitrogen and oxygen atoms in total. The third-order valence-corrected chi connectivity index (χ3v) is 3.09. The van der Waals surface area contributed by atoms with Crippen molar-refractivity contribution >= 4 is 32.5 Å². The third kappa shape index (κ3) is 2.70. The summed E-state index contributed by atoms with van der Waals surface area (Å²) in [6.45, 7) is -0.0243. The van der Waals surface area contributed by atoms with E-state index in [-0.39, 0.29) is 16.8 Å². The van der Waals surface area contributed by atoms with Crippen LogP contribution >= 0.6 is 27.5 Å². The third-order valence-electron chi connectivity index (χ3n) is 1.90. The summed E-state index contributed by atoms with van der Waals surface area (Å²) in [7, 11) is 0. The van der Waals surface area contributed by atoms with E-state index in [1.807, 2.05) is 0 Å². The van der Waals surface area contributed by atoms with Crippen molar-refractivity contribution in [1.29, 1.82) is 0 Å². The number of nitrogens with two attached hydrogens (primary N) is 1. The summed E-state index contributed by atoms with van der Waals surface area (Å²) < 4.78 is 35.2. The van der Waals surface area contributed by atoms with Gasteiger partial charge in [-0.3, -0.25) is 0 Å². The molecule has 0 saturated heterocycles. The first-order chi connectivity index (χ1) is 8.08. The topological polar surface area (TPSA) is 61.0 Å². The lowest BCUT2D eigenvalue weighted by Crippen LogP contribution is -2.01. The van der Waals surface area contributed by atoms with Crippen LogP contribution < -0.4 is 10.5 Å². The van der Waals surface area contributed by atoms with Crippen LogP contribution in [0.2, 0.25) is 0 Å². The minimum absolute atomic E-state index is 0.0243. The monoisotopic (exact) mass is 321 g/mol.